The van der Waals surface area contributed by atoms with Crippen molar-refractivity contribution in [3.8, 4) is 22.5 Å². The number of anilines is 4. The maximum atomic E-state index is 13.3. The van der Waals surface area contributed by atoms with Crippen LogP contribution in [0.2, 0.25) is 15.2 Å². The van der Waals surface area contributed by atoms with Gasteiger partial charge in [-0.2, -0.15) is 0 Å². The fourth-order valence-electron chi connectivity index (χ4n) is 7.52. The van der Waals surface area contributed by atoms with Crippen molar-refractivity contribution in [2.45, 2.75) is 102 Å². The number of Topliss-reactive ketones (excluding diaryl/α,β-unsaturated/α-hetero) is 1. The van der Waals surface area contributed by atoms with Crippen molar-refractivity contribution in [2.75, 3.05) is 37.0 Å². The summed E-state index contributed by atoms with van der Waals surface area (Å²) in [6.45, 7) is 22.6. The number of esters is 1. The first-order valence-corrected chi connectivity index (χ1v) is 30.8. The van der Waals surface area contributed by atoms with E-state index in [0.29, 0.717) is 85.2 Å². The summed E-state index contributed by atoms with van der Waals surface area (Å²) in [6.07, 6.45) is 13.2. The number of nitrogens with zero attached hydrogens (tertiary/aromatic N) is 6. The lowest BCUT2D eigenvalue weighted by molar-refractivity contribution is 0.0601. The smallest absolute Gasteiger partial charge is 0.465 e. The fourth-order valence-corrected chi connectivity index (χ4v) is 8.36. The Balaban J connectivity index is 0. The molecule has 6 aromatic heterocycles. The number of nitrogens with one attached hydrogen (secondary N) is 2. The number of hydrogen-bond donors (Lipinski definition) is 10. The van der Waals surface area contributed by atoms with Gasteiger partial charge in [0, 0.05) is 120 Å². The number of pyridine rings is 6. The first-order chi connectivity index (χ1) is 46.4. The number of hydrogen-bond acceptors (Lipinski definition) is 19. The molecule has 0 unspecified atom stereocenters. The lowest BCUT2D eigenvalue weighted by Gasteiger charge is -2.16. The summed E-state index contributed by atoms with van der Waals surface area (Å²) < 4.78 is 42.7. The minimum atomic E-state index is -1.51. The third-order valence-corrected chi connectivity index (χ3v) is 13.7. The number of nitrogens with two attached hydrogens (primary N) is 3. The van der Waals surface area contributed by atoms with Crippen LogP contribution in [-0.4, -0.2) is 119 Å². The second-order valence-electron chi connectivity index (χ2n) is 21.3. The highest BCUT2D eigenvalue weighted by atomic mass is 35.5. The molecule has 0 aliphatic heterocycles. The lowest BCUT2D eigenvalue weighted by Crippen LogP contribution is -2.31. The summed E-state index contributed by atoms with van der Waals surface area (Å²) in [5.74, 6) is -1.86. The van der Waals surface area contributed by atoms with Gasteiger partial charge >= 0.3 is 13.1 Å². The van der Waals surface area contributed by atoms with Crippen molar-refractivity contribution >= 4 is 105 Å². The summed E-state index contributed by atoms with van der Waals surface area (Å²) >= 11 is 17.6. The minimum absolute atomic E-state index is 0. The zero-order chi connectivity index (χ0) is 73.2. The van der Waals surface area contributed by atoms with Gasteiger partial charge in [-0.05, 0) is 167 Å². The summed E-state index contributed by atoms with van der Waals surface area (Å²) in [5, 5.41) is 51.3. The molecule has 3 aromatic carbocycles. The van der Waals surface area contributed by atoms with Crippen molar-refractivity contribution in [3.63, 3.8) is 0 Å². The molecule has 0 aliphatic carbocycles. The minimum Gasteiger partial charge on any atom is -0.465 e. The normalized spacial score (nSPS) is 10.5. The number of rotatable bonds is 17. The standard InChI is InChI=1S/C23H23FN4O2.C14H11ClFN.C10H14N2O2.C8H7Cl2N.C7H8N2O2.C6H6BFO2.C3H9NO.4CH4/c1-14(2)18-13-26-21(16-4-6-17(24)7-5-16)10-22(18)28-20-8-9-25-12-19(20)23(30)27-11-15(3)29;1-9(2)12-8-17-14(7-13(12)15)10-3-5-11(16)6-4-10;1-7(13)2-3-10(14)8-6-12-5-4-9(8)11;1-5(2)6-4-11-8(10)3-7(6)9;1-11-7(10)5-4-9-3-2-6(5)8;8-6-3-1-5(2-4-6)7(9)10;1-3(5)2-4;;;;/h4-10,12-13,15,29H,1,11H2,2-3H3,(H,27,30)(H,25,26,28);3-8H,1H2,2H3;4-7,13H,2-3H2,1H3,(H2,11,12);3-4H,1H2,2H3;2-4H,1H3,(H2,8,9);1-4,9-10H;3,5H,2,4H2,1H3;4*1H4/t15-;;7-;;;;3-;;;;/m0.0...0..../s1. The predicted molar refractivity (Wildman–Crippen MR) is 412 cm³/mol. The Morgan fingerprint density at radius 3 is 1.36 bits per heavy atom. The van der Waals surface area contributed by atoms with Gasteiger partial charge in [0.05, 0.1) is 63.7 Å². The van der Waals surface area contributed by atoms with Gasteiger partial charge < -0.3 is 57.9 Å². The van der Waals surface area contributed by atoms with Crippen LogP contribution in [0.5, 0.6) is 0 Å². The summed E-state index contributed by atoms with van der Waals surface area (Å²) in [5.41, 5.74) is 27.4. The number of carbonyl (C=O) groups is 3. The van der Waals surface area contributed by atoms with E-state index < -0.39 is 25.3 Å². The molecule has 0 aliphatic rings. The molecule has 27 heteroatoms. The zero-order valence-electron chi connectivity index (χ0n) is 54.9. The van der Waals surface area contributed by atoms with Crippen molar-refractivity contribution < 1.29 is 57.7 Å². The van der Waals surface area contributed by atoms with Crippen LogP contribution < -0.4 is 33.3 Å². The molecule has 9 aromatic rings. The monoisotopic (exact) mass is 1470 g/mol. The first kappa shape index (κ1) is 94.3. The van der Waals surface area contributed by atoms with Crippen LogP contribution in [-0.2, 0) is 4.74 Å². The molecule has 0 radical (unpaired) electrons. The third kappa shape index (κ3) is 33.6. The molecule has 0 fully saturated rings. The van der Waals surface area contributed by atoms with Crippen LogP contribution in [0.15, 0.2) is 185 Å². The molecule has 1 amide bonds. The Morgan fingerprint density at radius 2 is 0.961 bits per heavy atom. The van der Waals surface area contributed by atoms with Crippen LogP contribution in [0.3, 0.4) is 0 Å². The van der Waals surface area contributed by atoms with E-state index >= 15 is 0 Å². The van der Waals surface area contributed by atoms with E-state index in [1.807, 2.05) is 26.8 Å². The number of halogens is 6. The van der Waals surface area contributed by atoms with Crippen molar-refractivity contribution in [2.24, 2.45) is 5.73 Å². The van der Waals surface area contributed by atoms with Gasteiger partial charge in [-0.1, -0.05) is 96.4 Å². The molecule has 0 saturated carbocycles. The highest BCUT2D eigenvalue weighted by Crippen LogP contribution is 2.32. The van der Waals surface area contributed by atoms with Gasteiger partial charge in [-0.25, -0.2) is 22.9 Å². The van der Waals surface area contributed by atoms with E-state index in [1.54, 1.807) is 106 Å². The van der Waals surface area contributed by atoms with E-state index in [1.165, 1.54) is 80.4 Å². The molecule has 0 saturated heterocycles. The Morgan fingerprint density at radius 1 is 0.549 bits per heavy atom. The number of carbonyl (C=O) groups excluding carboxylic acids is 3. The number of aliphatic hydroxyl groups excluding tert-OH is 3. The van der Waals surface area contributed by atoms with E-state index in [4.69, 9.17) is 72.3 Å². The molecule has 0 bridgehead atoms. The zero-order valence-corrected chi connectivity index (χ0v) is 57.2. The number of amides is 1. The second kappa shape index (κ2) is 48.9. The van der Waals surface area contributed by atoms with E-state index in [2.05, 4.69) is 65.0 Å². The molecule has 6 heterocycles. The largest absolute Gasteiger partial charge is 0.488 e. The summed E-state index contributed by atoms with van der Waals surface area (Å²) in [7, 11) is -0.213. The van der Waals surface area contributed by atoms with Crippen LogP contribution in [0, 0.1) is 17.5 Å². The molecule has 0 spiro atoms. The van der Waals surface area contributed by atoms with Gasteiger partial charge in [0.1, 0.15) is 28.2 Å². The highest BCUT2D eigenvalue weighted by molar-refractivity contribution is 6.58. The predicted octanol–water partition coefficient (Wildman–Crippen LogP) is 15.0. The van der Waals surface area contributed by atoms with Gasteiger partial charge in [-0.15, -0.1) is 0 Å². The summed E-state index contributed by atoms with van der Waals surface area (Å²) in [6, 6.07) is 27.2. The molecule has 102 heavy (non-hydrogen) atoms. The highest BCUT2D eigenvalue weighted by Gasteiger charge is 2.17. The van der Waals surface area contributed by atoms with E-state index in [-0.39, 0.29) is 71.5 Å². The van der Waals surface area contributed by atoms with Crippen LogP contribution >= 0.6 is 34.8 Å². The number of aromatic nitrogens is 6. The van der Waals surface area contributed by atoms with Crippen LogP contribution in [0.25, 0.3) is 39.2 Å². The second-order valence-corrected chi connectivity index (χ2v) is 22.6. The van der Waals surface area contributed by atoms with Crippen LogP contribution in [0.4, 0.5) is 35.9 Å². The number of nitrogen functional groups attached to an aromatic ring is 2. The molecule has 13 N–H and O–H groups in total. The lowest BCUT2D eigenvalue weighted by atomic mass is 9.80. The van der Waals surface area contributed by atoms with Crippen molar-refractivity contribution in [1.29, 1.82) is 0 Å². The Kier molecular flexibility index (Phi) is 45.3. The van der Waals surface area contributed by atoms with Gasteiger partial charge in [-0.3, -0.25) is 34.5 Å². The third-order valence-electron chi connectivity index (χ3n) is 12.8. The molecule has 20 nitrogen and oxygen atoms in total. The van der Waals surface area contributed by atoms with Gasteiger partial charge in [0.25, 0.3) is 5.91 Å². The molecular formula is C75H94BCl3F3N11O9. The Hall–Kier alpha value is -9.73. The average molecular weight is 1470 g/mol. The summed E-state index contributed by atoms with van der Waals surface area (Å²) in [4.78, 5) is 59.2. The van der Waals surface area contributed by atoms with E-state index in [9.17, 15) is 32.7 Å². The van der Waals surface area contributed by atoms with Crippen LogP contribution in [0.1, 0.15) is 132 Å². The maximum Gasteiger partial charge on any atom is 0.488 e. The quantitative estimate of drug-likeness (QED) is 0.0175. The molecule has 3 atom stereocenters. The molecular weight excluding hydrogens is 1370 g/mol. The number of aliphatic hydroxyl groups is 3. The molecule has 548 valence electrons. The maximum absolute atomic E-state index is 13.3. The Labute approximate surface area is 612 Å². The average Bonchev–Trinajstić information content (AvgIpc) is 0.812. The molecule has 9 rings (SSSR count). The van der Waals surface area contributed by atoms with Gasteiger partial charge in [0.2, 0.25) is 0 Å². The van der Waals surface area contributed by atoms with Gasteiger partial charge in [0.15, 0.2) is 5.78 Å². The number of ketones is 1. The SMILES string of the molecule is C.C.C.C.C=C(C)c1cnc(-c2ccc(F)cc2)cc1Cl.C=C(C)c1cnc(-c2ccc(F)cc2)cc1Nc1ccncc1C(=O)NC[C@H](C)O.C=C(C)c1cnc(Cl)cc1Cl.COC(=O)c1cnccc1N.C[C@H](O)CCC(=O)c1cnccc1N.C[C@H](O)CN.OB(O)c1ccc(F)cc1. The Bertz CT molecular complexity index is 4070. The number of benzene rings is 3. The number of allylic oxidation sites excluding steroid dienone is 3. The fraction of sp³-hybridized carbons (Fsp3) is 0.240. The number of methoxy groups -OCH3 is 1. The number of ether oxygens (including phenoxy) is 1. The topological polar surface area (TPSA) is 341 Å². The van der Waals surface area contributed by atoms with E-state index in [0.717, 1.165) is 50.2 Å². The first-order valence-electron chi connectivity index (χ1n) is 29.7. The van der Waals surface area contributed by atoms with Crippen molar-refractivity contribution in [3.05, 3.63) is 251 Å². The van der Waals surface area contributed by atoms with Crippen molar-refractivity contribution in [1.82, 2.24) is 35.2 Å².